The van der Waals surface area contributed by atoms with Crippen molar-refractivity contribution in [2.24, 2.45) is 0 Å². The molecule has 0 aliphatic rings. The van der Waals surface area contributed by atoms with Crippen LogP contribution in [0.4, 0.5) is 0 Å². The summed E-state index contributed by atoms with van der Waals surface area (Å²) in [5.41, 5.74) is 2.36. The van der Waals surface area contributed by atoms with Gasteiger partial charge >= 0.3 is 0 Å². The third kappa shape index (κ3) is 1.33. The quantitative estimate of drug-likeness (QED) is 0.659. The minimum atomic E-state index is 0.877. The van der Waals surface area contributed by atoms with Gasteiger partial charge in [-0.05, 0) is 38.1 Å². The lowest BCUT2D eigenvalue weighted by molar-refractivity contribution is 0.871. The molecule has 0 aliphatic carbocycles. The third-order valence-corrected chi connectivity index (χ3v) is 2.06. The van der Waals surface area contributed by atoms with Gasteiger partial charge in [0.25, 0.3) is 0 Å². The normalized spacial score (nSPS) is 10.3. The molecule has 0 aromatic carbocycles. The van der Waals surface area contributed by atoms with Crippen LogP contribution < -0.4 is 0 Å². The van der Waals surface area contributed by atoms with Crippen LogP contribution in [0.25, 0.3) is 5.82 Å². The van der Waals surface area contributed by atoms with Gasteiger partial charge in [0.2, 0.25) is 0 Å². The van der Waals surface area contributed by atoms with Crippen LogP contribution in [0.5, 0.6) is 0 Å². The van der Waals surface area contributed by atoms with Crippen LogP contribution in [-0.2, 0) is 0 Å². The zero-order valence-electron chi connectivity index (χ0n) is 7.73. The maximum Gasteiger partial charge on any atom is 0.159 e. The highest BCUT2D eigenvalue weighted by molar-refractivity contribution is 5.29. The first kappa shape index (κ1) is 7.98. The predicted octanol–water partition coefficient (Wildman–Crippen LogP) is 1.88. The summed E-state index contributed by atoms with van der Waals surface area (Å²) >= 11 is 0. The van der Waals surface area contributed by atoms with E-state index in [4.69, 9.17) is 0 Å². The van der Waals surface area contributed by atoms with Crippen LogP contribution in [0, 0.1) is 13.8 Å². The zero-order valence-corrected chi connectivity index (χ0v) is 7.73. The summed E-state index contributed by atoms with van der Waals surface area (Å²) in [5, 5.41) is 7.91. The lowest BCUT2D eigenvalue weighted by atomic mass is 10.4. The molecule has 0 aliphatic heterocycles. The molecule has 13 heavy (non-hydrogen) atoms. The molecule has 0 bridgehead atoms. The van der Waals surface area contributed by atoms with E-state index < -0.39 is 0 Å². The number of nitrogens with zero attached hydrogens (tertiary/aromatic N) is 3. The monoisotopic (exact) mass is 173 g/mol. The van der Waals surface area contributed by atoms with Gasteiger partial charge in [0, 0.05) is 17.6 Å². The maximum absolute atomic E-state index is 4.06. The van der Waals surface area contributed by atoms with Gasteiger partial charge < -0.3 is 4.57 Å². The molecular weight excluding hydrogens is 162 g/mol. The van der Waals surface area contributed by atoms with Gasteiger partial charge in [0.15, 0.2) is 5.82 Å². The maximum atomic E-state index is 4.06. The van der Waals surface area contributed by atoms with Crippen LogP contribution in [0.3, 0.4) is 0 Å². The summed E-state index contributed by atoms with van der Waals surface area (Å²) in [7, 11) is 0. The number of aryl methyl sites for hydroxylation is 2. The first-order valence-electron chi connectivity index (χ1n) is 4.22. The van der Waals surface area contributed by atoms with E-state index in [0.717, 1.165) is 5.82 Å². The average molecular weight is 173 g/mol. The van der Waals surface area contributed by atoms with Crippen molar-refractivity contribution in [3.63, 3.8) is 0 Å². The molecule has 0 radical (unpaired) electrons. The number of hydrogen-bond acceptors (Lipinski definition) is 2. The lowest BCUT2D eigenvalue weighted by Gasteiger charge is -2.05. The smallest absolute Gasteiger partial charge is 0.159 e. The molecule has 0 fully saturated rings. The summed E-state index contributed by atoms with van der Waals surface area (Å²) in [6.07, 6.45) is 1.68. The Hall–Kier alpha value is -1.64. The third-order valence-electron chi connectivity index (χ3n) is 2.06. The van der Waals surface area contributed by atoms with E-state index in [1.807, 2.05) is 12.1 Å². The molecule has 0 atom stereocenters. The number of aromatic nitrogens is 3. The average Bonchev–Trinajstić information content (AvgIpc) is 2.48. The molecular formula is C10H11N3. The standard InChI is InChI=1S/C10H11N3/c1-8-5-6-9(2)13(8)10-4-3-7-11-12-10/h3-7H,1-2H3. The molecule has 3 heteroatoms. The topological polar surface area (TPSA) is 30.7 Å². The van der Waals surface area contributed by atoms with Crippen molar-refractivity contribution in [3.8, 4) is 5.82 Å². The van der Waals surface area contributed by atoms with Crippen molar-refractivity contribution in [2.45, 2.75) is 13.8 Å². The van der Waals surface area contributed by atoms with Crippen LogP contribution in [0.2, 0.25) is 0 Å². The van der Waals surface area contributed by atoms with Gasteiger partial charge in [-0.25, -0.2) is 0 Å². The molecule has 2 heterocycles. The van der Waals surface area contributed by atoms with E-state index in [0.29, 0.717) is 0 Å². The van der Waals surface area contributed by atoms with Crippen molar-refractivity contribution >= 4 is 0 Å². The molecule has 0 saturated carbocycles. The molecule has 2 aromatic rings. The summed E-state index contributed by atoms with van der Waals surface area (Å²) < 4.78 is 2.08. The highest BCUT2D eigenvalue weighted by Gasteiger charge is 2.03. The van der Waals surface area contributed by atoms with Crippen molar-refractivity contribution < 1.29 is 0 Å². The summed E-state index contributed by atoms with van der Waals surface area (Å²) in [6.45, 7) is 4.11. The first-order valence-corrected chi connectivity index (χ1v) is 4.22. The fourth-order valence-corrected chi connectivity index (χ4v) is 1.44. The van der Waals surface area contributed by atoms with Crippen LogP contribution >= 0.6 is 0 Å². The van der Waals surface area contributed by atoms with Gasteiger partial charge in [-0.15, -0.1) is 5.10 Å². The molecule has 2 rings (SSSR count). The van der Waals surface area contributed by atoms with E-state index in [1.54, 1.807) is 6.20 Å². The number of hydrogen-bond donors (Lipinski definition) is 0. The van der Waals surface area contributed by atoms with Crippen LogP contribution in [-0.4, -0.2) is 14.8 Å². The molecule has 0 unspecified atom stereocenters. The number of rotatable bonds is 1. The molecule has 0 spiro atoms. The van der Waals surface area contributed by atoms with Crippen LogP contribution in [0.15, 0.2) is 30.5 Å². The minimum absolute atomic E-state index is 0.877. The lowest BCUT2D eigenvalue weighted by Crippen LogP contribution is -2.01. The summed E-state index contributed by atoms with van der Waals surface area (Å²) in [5.74, 6) is 0.877. The minimum Gasteiger partial charge on any atom is -0.302 e. The van der Waals surface area contributed by atoms with E-state index >= 15 is 0 Å². The summed E-state index contributed by atoms with van der Waals surface area (Å²) in [6, 6.07) is 7.99. The van der Waals surface area contributed by atoms with E-state index in [2.05, 4.69) is 40.7 Å². The van der Waals surface area contributed by atoms with E-state index in [1.165, 1.54) is 11.4 Å². The Labute approximate surface area is 77.0 Å². The second-order valence-corrected chi connectivity index (χ2v) is 3.03. The Balaban J connectivity index is 2.59. The van der Waals surface area contributed by atoms with Gasteiger partial charge in [-0.2, -0.15) is 5.10 Å². The molecule has 66 valence electrons. The summed E-state index contributed by atoms with van der Waals surface area (Å²) in [4.78, 5) is 0. The molecule has 3 nitrogen and oxygen atoms in total. The van der Waals surface area contributed by atoms with Gasteiger partial charge in [-0.3, -0.25) is 0 Å². The van der Waals surface area contributed by atoms with Crippen molar-refractivity contribution in [2.75, 3.05) is 0 Å². The van der Waals surface area contributed by atoms with Crippen molar-refractivity contribution in [1.82, 2.24) is 14.8 Å². The second-order valence-electron chi connectivity index (χ2n) is 3.03. The Morgan fingerprint density at radius 1 is 1.08 bits per heavy atom. The Morgan fingerprint density at radius 2 is 1.77 bits per heavy atom. The SMILES string of the molecule is Cc1ccc(C)n1-c1cccnn1. The van der Waals surface area contributed by atoms with Crippen molar-refractivity contribution in [1.29, 1.82) is 0 Å². The van der Waals surface area contributed by atoms with Crippen LogP contribution in [0.1, 0.15) is 11.4 Å². The molecule has 0 amide bonds. The largest absolute Gasteiger partial charge is 0.302 e. The Kier molecular flexibility index (Phi) is 1.85. The van der Waals surface area contributed by atoms with E-state index in [9.17, 15) is 0 Å². The predicted molar refractivity (Wildman–Crippen MR) is 50.8 cm³/mol. The van der Waals surface area contributed by atoms with Gasteiger partial charge in [0.1, 0.15) is 0 Å². The second kappa shape index (κ2) is 3.01. The fourth-order valence-electron chi connectivity index (χ4n) is 1.44. The van der Waals surface area contributed by atoms with Gasteiger partial charge in [-0.1, -0.05) is 0 Å². The van der Waals surface area contributed by atoms with Gasteiger partial charge in [0.05, 0.1) is 0 Å². The first-order chi connectivity index (χ1) is 6.29. The molecule has 2 aromatic heterocycles. The Bertz CT molecular complexity index is 384. The highest BCUT2D eigenvalue weighted by atomic mass is 15.2. The molecule has 0 N–H and O–H groups in total. The Morgan fingerprint density at radius 3 is 2.31 bits per heavy atom. The molecule has 0 saturated heterocycles. The highest BCUT2D eigenvalue weighted by Crippen LogP contribution is 2.12. The zero-order chi connectivity index (χ0) is 9.26. The fraction of sp³-hybridized carbons (Fsp3) is 0.200. The van der Waals surface area contributed by atoms with E-state index in [-0.39, 0.29) is 0 Å². The van der Waals surface area contributed by atoms with Crippen molar-refractivity contribution in [3.05, 3.63) is 41.9 Å².